The molecular weight excluding hydrogens is 206 g/mol. The van der Waals surface area contributed by atoms with Crippen molar-refractivity contribution in [3.05, 3.63) is 0 Å². The largest absolute Gasteiger partial charge is 0.392 e. The van der Waals surface area contributed by atoms with Gasteiger partial charge in [-0.25, -0.2) is 0 Å². The summed E-state index contributed by atoms with van der Waals surface area (Å²) < 4.78 is 0. The lowest BCUT2D eigenvalue weighted by Gasteiger charge is -2.29. The first-order chi connectivity index (χ1) is 5.33. The summed E-state index contributed by atoms with van der Waals surface area (Å²) in [6.45, 7) is 3.18. The van der Waals surface area contributed by atoms with E-state index < -0.39 is 0 Å². The summed E-state index contributed by atoms with van der Waals surface area (Å²) in [5, 5.41) is 10.4. The second-order valence-corrected chi connectivity index (χ2v) is 3.93. The molecule has 0 aromatic heterocycles. The van der Waals surface area contributed by atoms with Crippen molar-refractivity contribution in [1.29, 1.82) is 0 Å². The van der Waals surface area contributed by atoms with Crippen LogP contribution in [0.2, 0.25) is 0 Å². The highest BCUT2D eigenvalue weighted by Gasteiger charge is 2.16. The summed E-state index contributed by atoms with van der Waals surface area (Å²) in [7, 11) is 0. The highest BCUT2D eigenvalue weighted by atomic mass is 79.9. The van der Waals surface area contributed by atoms with Gasteiger partial charge in [0.05, 0.1) is 6.10 Å². The van der Waals surface area contributed by atoms with Crippen LogP contribution in [0.25, 0.3) is 0 Å². The molecule has 1 aliphatic heterocycles. The van der Waals surface area contributed by atoms with Gasteiger partial charge in [0.2, 0.25) is 0 Å². The van der Waals surface area contributed by atoms with Crippen molar-refractivity contribution in [2.45, 2.75) is 25.4 Å². The topological polar surface area (TPSA) is 23.5 Å². The van der Waals surface area contributed by atoms with Gasteiger partial charge in [-0.15, -0.1) is 0 Å². The number of halogens is 1. The van der Waals surface area contributed by atoms with E-state index in [2.05, 4.69) is 20.8 Å². The molecule has 0 spiro atoms. The highest BCUT2D eigenvalue weighted by molar-refractivity contribution is 9.09. The lowest BCUT2D eigenvalue weighted by molar-refractivity contribution is 0.0710. The van der Waals surface area contributed by atoms with E-state index in [9.17, 15) is 5.11 Å². The van der Waals surface area contributed by atoms with Crippen LogP contribution < -0.4 is 0 Å². The van der Waals surface area contributed by atoms with Gasteiger partial charge in [0.25, 0.3) is 0 Å². The van der Waals surface area contributed by atoms with Crippen LogP contribution in [0.4, 0.5) is 0 Å². The lowest BCUT2D eigenvalue weighted by Crippen LogP contribution is -2.38. The first-order valence-corrected chi connectivity index (χ1v) is 5.41. The van der Waals surface area contributed by atoms with E-state index in [-0.39, 0.29) is 6.10 Å². The third-order valence-electron chi connectivity index (χ3n) is 2.09. The van der Waals surface area contributed by atoms with Crippen LogP contribution >= 0.6 is 15.9 Å². The normalized spacial score (nSPS) is 27.3. The minimum absolute atomic E-state index is 0.0703. The molecule has 0 radical (unpaired) electrons. The van der Waals surface area contributed by atoms with Crippen molar-refractivity contribution in [3.8, 4) is 0 Å². The zero-order valence-corrected chi connectivity index (χ0v) is 8.39. The zero-order valence-electron chi connectivity index (χ0n) is 6.80. The van der Waals surface area contributed by atoms with Crippen LogP contribution in [-0.2, 0) is 0 Å². The van der Waals surface area contributed by atoms with E-state index in [0.29, 0.717) is 0 Å². The number of rotatable bonds is 3. The second-order valence-electron chi connectivity index (χ2n) is 3.14. The third kappa shape index (κ3) is 3.54. The fourth-order valence-electron chi connectivity index (χ4n) is 1.52. The Morgan fingerprint density at radius 1 is 1.55 bits per heavy atom. The summed E-state index contributed by atoms with van der Waals surface area (Å²) in [6, 6.07) is 0. The molecule has 1 atom stereocenters. The molecule has 3 heteroatoms. The Balaban J connectivity index is 2.12. The van der Waals surface area contributed by atoms with Crippen molar-refractivity contribution in [1.82, 2.24) is 4.90 Å². The van der Waals surface area contributed by atoms with E-state index in [1.165, 1.54) is 13.0 Å². The van der Waals surface area contributed by atoms with Crippen LogP contribution in [-0.4, -0.2) is 41.1 Å². The van der Waals surface area contributed by atoms with E-state index in [1.54, 1.807) is 0 Å². The summed E-state index contributed by atoms with van der Waals surface area (Å²) in [5.74, 6) is 0. The Morgan fingerprint density at radius 3 is 3.00 bits per heavy atom. The summed E-state index contributed by atoms with van der Waals surface area (Å²) in [5.41, 5.74) is 0. The molecule has 0 saturated carbocycles. The molecule has 1 unspecified atom stereocenters. The number of hydrogen-bond donors (Lipinski definition) is 1. The summed E-state index contributed by atoms with van der Waals surface area (Å²) in [6.07, 6.45) is 3.26. The van der Waals surface area contributed by atoms with Crippen molar-refractivity contribution in [2.24, 2.45) is 0 Å². The fraction of sp³-hybridized carbons (Fsp3) is 1.00. The molecule has 0 amide bonds. The molecule has 1 aliphatic rings. The molecule has 0 aliphatic carbocycles. The van der Waals surface area contributed by atoms with Crippen molar-refractivity contribution < 1.29 is 5.11 Å². The van der Waals surface area contributed by atoms with E-state index >= 15 is 0 Å². The Labute approximate surface area is 76.7 Å². The highest BCUT2D eigenvalue weighted by Crippen LogP contribution is 2.09. The van der Waals surface area contributed by atoms with Gasteiger partial charge in [0, 0.05) is 11.9 Å². The Bertz CT molecular complexity index is 110. The molecule has 0 aromatic rings. The summed E-state index contributed by atoms with van der Waals surface area (Å²) >= 11 is 3.40. The van der Waals surface area contributed by atoms with Gasteiger partial charge in [-0.3, -0.25) is 0 Å². The van der Waals surface area contributed by atoms with Gasteiger partial charge >= 0.3 is 0 Å². The molecule has 0 bridgehead atoms. The molecule has 1 fully saturated rings. The van der Waals surface area contributed by atoms with E-state index in [0.717, 1.165) is 31.3 Å². The first-order valence-electron chi connectivity index (χ1n) is 4.29. The van der Waals surface area contributed by atoms with Gasteiger partial charge in [-0.2, -0.15) is 0 Å². The van der Waals surface area contributed by atoms with Crippen molar-refractivity contribution in [2.75, 3.05) is 25.0 Å². The Kier molecular flexibility index (Phi) is 4.41. The molecule has 0 aromatic carbocycles. The van der Waals surface area contributed by atoms with Crippen LogP contribution in [0.5, 0.6) is 0 Å². The second kappa shape index (κ2) is 5.12. The molecule has 1 heterocycles. The van der Waals surface area contributed by atoms with Gasteiger partial charge in [-0.05, 0) is 32.4 Å². The maximum atomic E-state index is 9.33. The van der Waals surface area contributed by atoms with Crippen molar-refractivity contribution in [3.63, 3.8) is 0 Å². The maximum absolute atomic E-state index is 9.33. The quantitative estimate of drug-likeness (QED) is 0.726. The van der Waals surface area contributed by atoms with Gasteiger partial charge < -0.3 is 10.0 Å². The molecule has 1 saturated heterocycles. The fourth-order valence-corrected chi connectivity index (χ4v) is 1.77. The van der Waals surface area contributed by atoms with Crippen LogP contribution in [0.3, 0.4) is 0 Å². The average Bonchev–Trinajstić information content (AvgIpc) is 2.01. The molecular formula is C8H16BrNO. The third-order valence-corrected chi connectivity index (χ3v) is 2.65. The minimum atomic E-state index is -0.0703. The molecule has 1 N–H and O–H groups in total. The predicted molar refractivity (Wildman–Crippen MR) is 50.1 cm³/mol. The summed E-state index contributed by atoms with van der Waals surface area (Å²) in [4.78, 5) is 2.34. The van der Waals surface area contributed by atoms with Gasteiger partial charge in [0.1, 0.15) is 0 Å². The number of piperidine rings is 1. The maximum Gasteiger partial charge on any atom is 0.0667 e. The molecule has 1 rings (SSSR count). The number of aliphatic hydroxyl groups is 1. The lowest BCUT2D eigenvalue weighted by atomic mass is 10.1. The van der Waals surface area contributed by atoms with Crippen molar-refractivity contribution >= 4 is 15.9 Å². The number of aliphatic hydroxyl groups excluding tert-OH is 1. The molecule has 11 heavy (non-hydrogen) atoms. The number of nitrogens with zero attached hydrogens (tertiary/aromatic N) is 1. The van der Waals surface area contributed by atoms with Crippen LogP contribution in [0.1, 0.15) is 19.3 Å². The number of likely N-dealkylation sites (tertiary alicyclic amines) is 1. The standard InChI is InChI=1S/C8H16BrNO/c9-4-2-6-10-5-1-3-8(11)7-10/h8,11H,1-7H2. The Hall–Kier alpha value is 0.400. The number of alkyl halides is 1. The average molecular weight is 222 g/mol. The predicted octanol–water partition coefficient (Wildman–Crippen LogP) is 1.23. The Morgan fingerprint density at radius 2 is 2.36 bits per heavy atom. The SMILES string of the molecule is OC1CCCN(CCCBr)C1. The van der Waals surface area contributed by atoms with Gasteiger partial charge in [0.15, 0.2) is 0 Å². The molecule has 2 nitrogen and oxygen atoms in total. The monoisotopic (exact) mass is 221 g/mol. The van der Waals surface area contributed by atoms with E-state index in [4.69, 9.17) is 0 Å². The zero-order chi connectivity index (χ0) is 8.10. The van der Waals surface area contributed by atoms with Crippen LogP contribution in [0, 0.1) is 0 Å². The smallest absolute Gasteiger partial charge is 0.0667 e. The van der Waals surface area contributed by atoms with E-state index in [1.807, 2.05) is 0 Å². The van der Waals surface area contributed by atoms with Gasteiger partial charge in [-0.1, -0.05) is 15.9 Å². The number of hydrogen-bond acceptors (Lipinski definition) is 2. The minimum Gasteiger partial charge on any atom is -0.392 e. The number of β-amino-alcohol motifs (C(OH)–C–C–N with tert-alkyl or cyclic N) is 1. The van der Waals surface area contributed by atoms with Crippen LogP contribution in [0.15, 0.2) is 0 Å². The molecule has 66 valence electrons. The first kappa shape index (κ1) is 9.49.